The van der Waals surface area contributed by atoms with Gasteiger partial charge in [-0.05, 0) is 45.0 Å². The summed E-state index contributed by atoms with van der Waals surface area (Å²) in [4.78, 5) is 36.4. The summed E-state index contributed by atoms with van der Waals surface area (Å²) in [6.45, 7) is 6.96. The van der Waals surface area contributed by atoms with Gasteiger partial charge in [0, 0.05) is 26.1 Å². The molecule has 0 fully saturated rings. The molecule has 1 unspecified atom stereocenters. The predicted molar refractivity (Wildman–Crippen MR) is 106 cm³/mol. The van der Waals surface area contributed by atoms with E-state index in [1.54, 1.807) is 6.08 Å². The first-order valence-electron chi connectivity index (χ1n) is 9.41. The number of methoxy groups -OCH3 is 2. The van der Waals surface area contributed by atoms with Crippen LogP contribution in [0.25, 0.3) is 0 Å². The van der Waals surface area contributed by atoms with E-state index in [0.717, 1.165) is 0 Å². The van der Waals surface area contributed by atoms with Crippen LogP contribution in [-0.2, 0) is 32.7 Å². The normalized spacial score (nSPS) is 19.0. The van der Waals surface area contributed by atoms with Crippen molar-refractivity contribution < 1.29 is 32.7 Å². The molecule has 9 heteroatoms. The van der Waals surface area contributed by atoms with Crippen LogP contribution in [0.1, 0.15) is 33.1 Å². The highest BCUT2D eigenvalue weighted by Gasteiger charge is 2.40. The molecule has 0 saturated heterocycles. The molecule has 28 heavy (non-hydrogen) atoms. The number of esters is 2. The van der Waals surface area contributed by atoms with Crippen LogP contribution in [0.15, 0.2) is 23.8 Å². The molecular weight excluding hydrogens is 382 g/mol. The van der Waals surface area contributed by atoms with Gasteiger partial charge in [-0.3, -0.25) is 4.79 Å². The summed E-state index contributed by atoms with van der Waals surface area (Å²) in [5, 5.41) is 2.75. The first-order valence-corrected chi connectivity index (χ1v) is 11.9. The van der Waals surface area contributed by atoms with Gasteiger partial charge in [-0.15, -0.1) is 0 Å². The fourth-order valence-electron chi connectivity index (χ4n) is 3.06. The highest BCUT2D eigenvalue weighted by Crippen LogP contribution is 2.24. The van der Waals surface area contributed by atoms with Crippen LogP contribution < -0.4 is 5.32 Å². The SMILES string of the molecule is CCO[Si](C)(CCCC(=O)NC1(C(=O)OC)C=CC(C(=O)OC)=CC1)OCC. The van der Waals surface area contributed by atoms with E-state index in [2.05, 4.69) is 10.1 Å². The maximum Gasteiger partial charge on any atom is 0.337 e. The summed E-state index contributed by atoms with van der Waals surface area (Å²) in [5.41, 5.74) is -1.00. The molecule has 0 aromatic rings. The maximum atomic E-state index is 12.5. The molecular formula is C19H31NO7Si. The molecule has 0 heterocycles. The standard InChI is InChI=1S/C19H31NO7Si/c1-6-26-28(5,27-7-2)14-8-9-16(21)20-19(18(23)25-4)12-10-15(11-13-19)17(22)24-3/h10-12H,6-9,13-14H2,1-5H3,(H,20,21). The molecule has 1 atom stereocenters. The highest BCUT2D eigenvalue weighted by molar-refractivity contribution is 6.66. The van der Waals surface area contributed by atoms with Crippen molar-refractivity contribution in [2.45, 2.75) is 51.2 Å². The Morgan fingerprint density at radius 3 is 2.25 bits per heavy atom. The number of rotatable bonds is 11. The Hall–Kier alpha value is -1.97. The van der Waals surface area contributed by atoms with Crippen molar-refractivity contribution in [1.82, 2.24) is 5.32 Å². The lowest BCUT2D eigenvalue weighted by Gasteiger charge is -2.30. The van der Waals surface area contributed by atoms with Crippen LogP contribution in [0.2, 0.25) is 12.6 Å². The fraction of sp³-hybridized carbons (Fsp3) is 0.632. The van der Waals surface area contributed by atoms with E-state index in [0.29, 0.717) is 31.3 Å². The zero-order valence-corrected chi connectivity index (χ0v) is 18.3. The lowest BCUT2D eigenvalue weighted by atomic mass is 9.88. The van der Waals surface area contributed by atoms with Crippen molar-refractivity contribution >= 4 is 26.4 Å². The van der Waals surface area contributed by atoms with Crippen molar-refractivity contribution in [2.75, 3.05) is 27.4 Å². The molecule has 0 radical (unpaired) electrons. The Labute approximate surface area is 167 Å². The largest absolute Gasteiger partial charge is 0.467 e. The van der Waals surface area contributed by atoms with Crippen molar-refractivity contribution in [1.29, 1.82) is 0 Å². The molecule has 1 aliphatic carbocycles. The smallest absolute Gasteiger partial charge is 0.337 e. The summed E-state index contributed by atoms with van der Waals surface area (Å²) in [6.07, 6.45) is 5.40. The molecule has 158 valence electrons. The van der Waals surface area contributed by atoms with Gasteiger partial charge in [-0.1, -0.05) is 6.08 Å². The monoisotopic (exact) mass is 413 g/mol. The van der Waals surface area contributed by atoms with Gasteiger partial charge in [0.05, 0.1) is 19.8 Å². The number of hydrogen-bond acceptors (Lipinski definition) is 7. The molecule has 1 rings (SSSR count). The Kier molecular flexibility index (Phi) is 9.57. The lowest BCUT2D eigenvalue weighted by molar-refractivity contribution is -0.148. The van der Waals surface area contributed by atoms with Crippen LogP contribution in [0, 0.1) is 0 Å². The second-order valence-electron chi connectivity index (χ2n) is 6.55. The van der Waals surface area contributed by atoms with Crippen molar-refractivity contribution in [3.63, 3.8) is 0 Å². The van der Waals surface area contributed by atoms with Gasteiger partial charge in [-0.2, -0.15) is 0 Å². The zero-order valence-electron chi connectivity index (χ0n) is 17.3. The van der Waals surface area contributed by atoms with Gasteiger partial charge < -0.3 is 23.6 Å². The first kappa shape index (κ1) is 24.1. The summed E-state index contributed by atoms with van der Waals surface area (Å²) >= 11 is 0. The first-order chi connectivity index (χ1) is 13.3. The Morgan fingerprint density at radius 1 is 1.14 bits per heavy atom. The predicted octanol–water partition coefficient (Wildman–Crippen LogP) is 2.00. The minimum absolute atomic E-state index is 0.108. The van der Waals surface area contributed by atoms with Crippen LogP contribution in [0.3, 0.4) is 0 Å². The van der Waals surface area contributed by atoms with Crippen LogP contribution in [0.5, 0.6) is 0 Å². The van der Waals surface area contributed by atoms with Crippen molar-refractivity contribution in [3.8, 4) is 0 Å². The van der Waals surface area contributed by atoms with Crippen molar-refractivity contribution in [2.24, 2.45) is 0 Å². The Morgan fingerprint density at radius 2 is 1.79 bits per heavy atom. The number of ether oxygens (including phenoxy) is 2. The molecule has 1 aliphatic rings. The van der Waals surface area contributed by atoms with Gasteiger partial charge in [0.15, 0.2) is 5.54 Å². The van der Waals surface area contributed by atoms with Gasteiger partial charge >= 0.3 is 20.5 Å². The van der Waals surface area contributed by atoms with Crippen molar-refractivity contribution in [3.05, 3.63) is 23.8 Å². The van der Waals surface area contributed by atoms with Crippen LogP contribution in [0.4, 0.5) is 0 Å². The summed E-state index contributed by atoms with van der Waals surface area (Å²) in [7, 11) is 0.247. The summed E-state index contributed by atoms with van der Waals surface area (Å²) in [6, 6.07) is 0.676. The van der Waals surface area contributed by atoms with Crippen LogP contribution >= 0.6 is 0 Å². The van der Waals surface area contributed by atoms with E-state index in [4.69, 9.17) is 13.6 Å². The topological polar surface area (TPSA) is 100 Å². The minimum atomic E-state index is -2.29. The van der Waals surface area contributed by atoms with E-state index >= 15 is 0 Å². The molecule has 0 spiro atoms. The molecule has 1 N–H and O–H groups in total. The molecule has 0 aromatic heterocycles. The molecule has 0 aliphatic heterocycles. The van der Waals surface area contributed by atoms with E-state index in [1.807, 2.05) is 20.4 Å². The third-order valence-electron chi connectivity index (χ3n) is 4.46. The highest BCUT2D eigenvalue weighted by atomic mass is 28.4. The van der Waals surface area contributed by atoms with Crippen LogP contribution in [-0.4, -0.2) is 59.4 Å². The molecule has 0 aromatic carbocycles. The second kappa shape index (κ2) is 11.1. The fourth-order valence-corrected chi connectivity index (χ4v) is 5.48. The molecule has 0 bridgehead atoms. The van der Waals surface area contributed by atoms with Gasteiger partial charge in [-0.25, -0.2) is 9.59 Å². The third-order valence-corrected chi connectivity index (χ3v) is 7.52. The number of amides is 1. The van der Waals surface area contributed by atoms with E-state index < -0.39 is 26.0 Å². The van der Waals surface area contributed by atoms with E-state index in [-0.39, 0.29) is 18.7 Å². The Balaban J connectivity index is 2.72. The number of nitrogens with one attached hydrogen (secondary N) is 1. The van der Waals surface area contributed by atoms with Gasteiger partial charge in [0.1, 0.15) is 0 Å². The number of carbonyl (C=O) groups excluding carboxylic acids is 3. The zero-order chi connectivity index (χ0) is 21.2. The number of carbonyl (C=O) groups is 3. The molecule has 0 saturated carbocycles. The lowest BCUT2D eigenvalue weighted by Crippen LogP contribution is -2.54. The molecule has 8 nitrogen and oxygen atoms in total. The molecule has 1 amide bonds. The van der Waals surface area contributed by atoms with Gasteiger partial charge in [0.25, 0.3) is 0 Å². The quantitative estimate of drug-likeness (QED) is 0.408. The maximum absolute atomic E-state index is 12.5. The van der Waals surface area contributed by atoms with E-state index in [1.165, 1.54) is 26.4 Å². The van der Waals surface area contributed by atoms with E-state index in [9.17, 15) is 14.4 Å². The summed E-state index contributed by atoms with van der Waals surface area (Å²) < 4.78 is 21.1. The minimum Gasteiger partial charge on any atom is -0.467 e. The number of hydrogen-bond donors (Lipinski definition) is 1. The van der Waals surface area contributed by atoms with Gasteiger partial charge in [0.2, 0.25) is 5.91 Å². The summed E-state index contributed by atoms with van der Waals surface area (Å²) in [5.74, 6) is -1.38. The second-order valence-corrected chi connectivity index (χ2v) is 9.90. The average Bonchev–Trinajstić information content (AvgIpc) is 2.67. The third kappa shape index (κ3) is 6.57. The average molecular weight is 414 g/mol. The Bertz CT molecular complexity index is 626.